The molecule has 0 aliphatic carbocycles. The highest BCUT2D eigenvalue weighted by Crippen LogP contribution is 2.05. The van der Waals surface area contributed by atoms with Crippen LogP contribution in [0.5, 0.6) is 0 Å². The quantitative estimate of drug-likeness (QED) is 0.315. The molecule has 24 heavy (non-hydrogen) atoms. The fourth-order valence-corrected chi connectivity index (χ4v) is 2.54. The second kappa shape index (κ2) is 9.27. The number of aryl methyl sites for hydroxylation is 2. The fraction of sp³-hybridized carbons (Fsp3) is 0.150. The molecule has 0 saturated carbocycles. The third kappa shape index (κ3) is 5.23. The van der Waals surface area contributed by atoms with Crippen LogP contribution in [0.2, 0.25) is 0 Å². The summed E-state index contributed by atoms with van der Waals surface area (Å²) < 4.78 is 1.95. The molecular formula is C20H19IN2O. The summed E-state index contributed by atoms with van der Waals surface area (Å²) in [5, 5.41) is 0. The Labute approximate surface area is 159 Å². The van der Waals surface area contributed by atoms with E-state index in [1.54, 1.807) is 6.20 Å². The Morgan fingerprint density at radius 3 is 2.42 bits per heavy atom. The number of hydrogen-bond donors (Lipinski definition) is 0. The lowest BCUT2D eigenvalue weighted by molar-refractivity contribution is -0.683. The van der Waals surface area contributed by atoms with Crippen LogP contribution in [0.1, 0.15) is 21.5 Å². The lowest BCUT2D eigenvalue weighted by atomic mass is 10.1. The van der Waals surface area contributed by atoms with Crippen LogP contribution in [0.25, 0.3) is 0 Å². The molecule has 3 rings (SSSR count). The third-order valence-corrected chi connectivity index (χ3v) is 3.77. The SMILES string of the molecule is O=C(C[n+]1cccc(CCc2cccnc2)c1)c1ccccc1.[I-]. The first-order valence-electron chi connectivity index (χ1n) is 7.76. The van der Waals surface area contributed by atoms with E-state index in [0.717, 1.165) is 18.4 Å². The molecule has 4 heteroatoms. The van der Waals surface area contributed by atoms with Gasteiger partial charge in [0.05, 0.1) is 0 Å². The predicted molar refractivity (Wildman–Crippen MR) is 89.1 cm³/mol. The first-order chi connectivity index (χ1) is 11.3. The van der Waals surface area contributed by atoms with E-state index in [-0.39, 0.29) is 29.8 Å². The minimum atomic E-state index is 0. The lowest BCUT2D eigenvalue weighted by Crippen LogP contribution is -3.00. The molecule has 0 N–H and O–H groups in total. The smallest absolute Gasteiger partial charge is 0.227 e. The predicted octanol–water partition coefficient (Wildman–Crippen LogP) is 0.0412. The number of aromatic nitrogens is 2. The van der Waals surface area contributed by atoms with Crippen molar-refractivity contribution >= 4 is 5.78 Å². The van der Waals surface area contributed by atoms with Gasteiger partial charge in [0.1, 0.15) is 0 Å². The van der Waals surface area contributed by atoms with Gasteiger partial charge in [-0.2, -0.15) is 4.57 Å². The minimum Gasteiger partial charge on any atom is -1.00 e. The molecule has 0 aliphatic rings. The summed E-state index contributed by atoms with van der Waals surface area (Å²) in [6.45, 7) is 0.366. The average Bonchev–Trinajstić information content (AvgIpc) is 2.62. The van der Waals surface area contributed by atoms with Gasteiger partial charge in [-0.05, 0) is 30.5 Å². The van der Waals surface area contributed by atoms with Crippen LogP contribution < -0.4 is 28.5 Å². The van der Waals surface area contributed by atoms with Gasteiger partial charge in [-0.3, -0.25) is 9.78 Å². The summed E-state index contributed by atoms with van der Waals surface area (Å²) >= 11 is 0. The molecule has 0 unspecified atom stereocenters. The van der Waals surface area contributed by atoms with Crippen molar-refractivity contribution in [2.75, 3.05) is 0 Å². The van der Waals surface area contributed by atoms with E-state index < -0.39 is 0 Å². The molecular weight excluding hydrogens is 411 g/mol. The van der Waals surface area contributed by atoms with Crippen LogP contribution in [-0.4, -0.2) is 10.8 Å². The van der Waals surface area contributed by atoms with E-state index in [9.17, 15) is 4.79 Å². The Morgan fingerprint density at radius 2 is 1.67 bits per heavy atom. The van der Waals surface area contributed by atoms with Crippen molar-refractivity contribution in [3.63, 3.8) is 0 Å². The summed E-state index contributed by atoms with van der Waals surface area (Å²) in [7, 11) is 0. The van der Waals surface area contributed by atoms with Gasteiger partial charge < -0.3 is 24.0 Å². The van der Waals surface area contributed by atoms with Gasteiger partial charge in [0.15, 0.2) is 12.4 Å². The normalized spacial score (nSPS) is 10.0. The largest absolute Gasteiger partial charge is 1.00 e. The van der Waals surface area contributed by atoms with E-state index in [2.05, 4.69) is 23.3 Å². The van der Waals surface area contributed by atoms with Gasteiger partial charge in [0.2, 0.25) is 12.3 Å². The Morgan fingerprint density at radius 1 is 0.917 bits per heavy atom. The molecule has 0 aliphatic heterocycles. The topological polar surface area (TPSA) is 33.8 Å². The maximum Gasteiger partial charge on any atom is 0.227 e. The second-order valence-corrected chi connectivity index (χ2v) is 5.54. The number of pyridine rings is 2. The Bertz CT molecular complexity index is 776. The van der Waals surface area contributed by atoms with Gasteiger partial charge in [-0.1, -0.05) is 36.4 Å². The molecule has 0 radical (unpaired) electrons. The molecule has 0 spiro atoms. The zero-order valence-corrected chi connectivity index (χ0v) is 15.5. The van der Waals surface area contributed by atoms with Crippen LogP contribution in [0.15, 0.2) is 79.4 Å². The summed E-state index contributed by atoms with van der Waals surface area (Å²) in [6, 6.07) is 17.6. The van der Waals surface area contributed by atoms with E-state index in [1.165, 1.54) is 11.1 Å². The van der Waals surface area contributed by atoms with Crippen LogP contribution >= 0.6 is 0 Å². The third-order valence-electron chi connectivity index (χ3n) is 3.77. The van der Waals surface area contributed by atoms with Gasteiger partial charge in [0.25, 0.3) is 0 Å². The number of nitrogens with zero attached hydrogens (tertiary/aromatic N) is 2. The number of rotatable bonds is 6. The molecule has 122 valence electrons. The Hall–Kier alpha value is -2.08. The van der Waals surface area contributed by atoms with Crippen molar-refractivity contribution in [3.8, 4) is 0 Å². The van der Waals surface area contributed by atoms with Crippen molar-refractivity contribution in [2.24, 2.45) is 0 Å². The maximum absolute atomic E-state index is 12.3. The van der Waals surface area contributed by atoms with E-state index in [1.807, 2.05) is 59.4 Å². The van der Waals surface area contributed by atoms with Crippen LogP contribution in [0.4, 0.5) is 0 Å². The number of hydrogen-bond acceptors (Lipinski definition) is 2. The monoisotopic (exact) mass is 430 g/mol. The van der Waals surface area contributed by atoms with Gasteiger partial charge in [-0.25, -0.2) is 0 Å². The highest BCUT2D eigenvalue weighted by molar-refractivity contribution is 5.94. The zero-order chi connectivity index (χ0) is 15.9. The summed E-state index contributed by atoms with van der Waals surface area (Å²) in [5.41, 5.74) is 3.20. The van der Waals surface area contributed by atoms with E-state index in [4.69, 9.17) is 0 Å². The Kier molecular flexibility index (Phi) is 7.06. The number of benzene rings is 1. The second-order valence-electron chi connectivity index (χ2n) is 5.54. The molecule has 0 amide bonds. The number of ketones is 1. The van der Waals surface area contributed by atoms with Gasteiger partial charge in [0, 0.05) is 29.6 Å². The lowest BCUT2D eigenvalue weighted by Gasteiger charge is -2.02. The summed E-state index contributed by atoms with van der Waals surface area (Å²) in [5.74, 6) is 0.125. The number of carbonyl (C=O) groups is 1. The van der Waals surface area contributed by atoms with Crippen molar-refractivity contribution in [3.05, 3.63) is 96.1 Å². The summed E-state index contributed by atoms with van der Waals surface area (Å²) in [6.07, 6.45) is 9.56. The molecule has 2 aromatic heterocycles. The number of Topliss-reactive ketones (excluding diaryl/α,β-unsaturated/α-hetero) is 1. The number of halogens is 1. The van der Waals surface area contributed by atoms with Crippen molar-refractivity contribution in [1.82, 2.24) is 4.98 Å². The summed E-state index contributed by atoms with van der Waals surface area (Å²) in [4.78, 5) is 16.4. The molecule has 0 fully saturated rings. The average molecular weight is 430 g/mol. The van der Waals surface area contributed by atoms with Crippen LogP contribution in [0.3, 0.4) is 0 Å². The van der Waals surface area contributed by atoms with Crippen molar-refractivity contribution < 1.29 is 33.3 Å². The molecule has 3 nitrogen and oxygen atoms in total. The Balaban J connectivity index is 0.00000208. The van der Waals surface area contributed by atoms with E-state index in [0.29, 0.717) is 6.54 Å². The van der Waals surface area contributed by atoms with Crippen LogP contribution in [0, 0.1) is 0 Å². The highest BCUT2D eigenvalue weighted by Gasteiger charge is 2.12. The molecule has 0 bridgehead atoms. The first-order valence-corrected chi connectivity index (χ1v) is 7.76. The van der Waals surface area contributed by atoms with E-state index >= 15 is 0 Å². The molecule has 2 heterocycles. The molecule has 3 aromatic rings. The van der Waals surface area contributed by atoms with Crippen LogP contribution in [-0.2, 0) is 19.4 Å². The molecule has 0 atom stereocenters. The maximum atomic E-state index is 12.3. The molecule has 0 saturated heterocycles. The number of carbonyl (C=O) groups excluding carboxylic acids is 1. The fourth-order valence-electron chi connectivity index (χ4n) is 2.54. The van der Waals surface area contributed by atoms with Crippen molar-refractivity contribution in [2.45, 2.75) is 19.4 Å². The first kappa shape index (κ1) is 18.3. The van der Waals surface area contributed by atoms with Gasteiger partial charge >= 0.3 is 0 Å². The minimum absolute atomic E-state index is 0. The van der Waals surface area contributed by atoms with Gasteiger partial charge in [-0.15, -0.1) is 0 Å². The molecule has 1 aromatic carbocycles. The zero-order valence-electron chi connectivity index (χ0n) is 13.3. The van der Waals surface area contributed by atoms with Crippen molar-refractivity contribution in [1.29, 1.82) is 0 Å². The standard InChI is InChI=1S/C20H19N2O.HI/c23-20(19-8-2-1-3-9-19)16-22-13-5-7-18(15-22)11-10-17-6-4-12-21-14-17;/h1-9,12-15H,10-11,16H2;1H/q+1;/p-1. The highest BCUT2D eigenvalue weighted by atomic mass is 127.